The van der Waals surface area contributed by atoms with Crippen LogP contribution in [0.1, 0.15) is 41.1 Å². The van der Waals surface area contributed by atoms with Crippen LogP contribution in [-0.4, -0.2) is 17.6 Å². The highest BCUT2D eigenvalue weighted by molar-refractivity contribution is 5.79. The summed E-state index contributed by atoms with van der Waals surface area (Å²) in [4.78, 5) is 17.7. The maximum Gasteiger partial charge on any atom is 0.310 e. The number of hydrogen-bond donors (Lipinski definition) is 0. The maximum absolute atomic E-state index is 13.0. The van der Waals surface area contributed by atoms with Crippen molar-refractivity contribution in [2.24, 2.45) is 5.92 Å². The van der Waals surface area contributed by atoms with Gasteiger partial charge in [0.05, 0.1) is 18.2 Å². The van der Waals surface area contributed by atoms with Crippen LogP contribution >= 0.6 is 0 Å². The van der Waals surface area contributed by atoms with Crippen molar-refractivity contribution >= 4 is 5.97 Å². The molecule has 0 bridgehead atoms. The van der Waals surface area contributed by atoms with E-state index in [9.17, 15) is 4.79 Å². The van der Waals surface area contributed by atoms with Crippen LogP contribution in [0.5, 0.6) is 0 Å². The van der Waals surface area contributed by atoms with Crippen LogP contribution in [0.4, 0.5) is 0 Å². The van der Waals surface area contributed by atoms with Crippen molar-refractivity contribution in [3.8, 4) is 0 Å². The molecule has 3 aromatic rings. The minimum absolute atomic E-state index is 0.0517. The molecule has 0 radical (unpaired) electrons. The van der Waals surface area contributed by atoms with Crippen molar-refractivity contribution in [3.05, 3.63) is 101 Å². The number of pyridine rings is 1. The summed E-state index contributed by atoms with van der Waals surface area (Å²) in [7, 11) is 0. The van der Waals surface area contributed by atoms with Gasteiger partial charge in [-0.2, -0.15) is 0 Å². The van der Waals surface area contributed by atoms with E-state index in [0.29, 0.717) is 6.61 Å². The Labute approximate surface area is 153 Å². The SMILES string of the molecule is CCOC(=O)C1C(c2ccccc2)c2cccnc2C1c1ccccc1. The number of rotatable bonds is 4. The second-order valence-corrected chi connectivity index (χ2v) is 6.53. The number of ether oxygens (including phenoxy) is 1. The molecule has 4 rings (SSSR count). The molecule has 1 aromatic heterocycles. The first-order valence-corrected chi connectivity index (χ1v) is 9.02. The summed E-state index contributed by atoms with van der Waals surface area (Å²) >= 11 is 0. The lowest BCUT2D eigenvalue weighted by molar-refractivity contribution is -0.148. The van der Waals surface area contributed by atoms with Gasteiger partial charge in [-0.3, -0.25) is 9.78 Å². The molecule has 2 aromatic carbocycles. The first-order valence-electron chi connectivity index (χ1n) is 9.02. The van der Waals surface area contributed by atoms with E-state index in [4.69, 9.17) is 4.74 Å². The highest BCUT2D eigenvalue weighted by Crippen LogP contribution is 2.51. The van der Waals surface area contributed by atoms with Gasteiger partial charge in [-0.1, -0.05) is 66.7 Å². The minimum atomic E-state index is -0.315. The molecule has 0 saturated heterocycles. The quantitative estimate of drug-likeness (QED) is 0.653. The summed E-state index contributed by atoms with van der Waals surface area (Å²) < 4.78 is 5.49. The Hall–Kier alpha value is -2.94. The second-order valence-electron chi connectivity index (χ2n) is 6.53. The summed E-state index contributed by atoms with van der Waals surface area (Å²) in [5.41, 5.74) is 4.32. The van der Waals surface area contributed by atoms with E-state index in [1.165, 1.54) is 0 Å². The van der Waals surface area contributed by atoms with E-state index in [1.54, 1.807) is 0 Å². The number of fused-ring (bicyclic) bond motifs is 1. The molecule has 0 fully saturated rings. The van der Waals surface area contributed by atoms with Crippen molar-refractivity contribution in [3.63, 3.8) is 0 Å². The molecule has 3 unspecified atom stereocenters. The van der Waals surface area contributed by atoms with Gasteiger partial charge < -0.3 is 4.74 Å². The molecule has 26 heavy (non-hydrogen) atoms. The topological polar surface area (TPSA) is 39.2 Å². The Morgan fingerprint density at radius 3 is 2.12 bits per heavy atom. The zero-order chi connectivity index (χ0) is 17.9. The average molecular weight is 343 g/mol. The molecule has 0 saturated carbocycles. The zero-order valence-electron chi connectivity index (χ0n) is 14.7. The minimum Gasteiger partial charge on any atom is -0.466 e. The van der Waals surface area contributed by atoms with Crippen LogP contribution in [-0.2, 0) is 9.53 Å². The fraction of sp³-hybridized carbons (Fsp3) is 0.217. The third-order valence-corrected chi connectivity index (χ3v) is 5.10. The lowest BCUT2D eigenvalue weighted by Crippen LogP contribution is -2.26. The predicted octanol–water partition coefficient (Wildman–Crippen LogP) is 4.54. The van der Waals surface area contributed by atoms with Gasteiger partial charge in [0.25, 0.3) is 0 Å². The van der Waals surface area contributed by atoms with Crippen molar-refractivity contribution in [1.82, 2.24) is 4.98 Å². The van der Waals surface area contributed by atoms with Crippen molar-refractivity contribution in [1.29, 1.82) is 0 Å². The summed E-state index contributed by atoms with van der Waals surface area (Å²) in [6, 6.07) is 24.4. The highest BCUT2D eigenvalue weighted by Gasteiger charge is 2.47. The van der Waals surface area contributed by atoms with Gasteiger partial charge in [-0.15, -0.1) is 0 Å². The van der Waals surface area contributed by atoms with Crippen LogP contribution in [0.25, 0.3) is 0 Å². The highest BCUT2D eigenvalue weighted by atomic mass is 16.5. The Morgan fingerprint density at radius 2 is 1.50 bits per heavy atom. The van der Waals surface area contributed by atoms with Gasteiger partial charge >= 0.3 is 5.97 Å². The number of aromatic nitrogens is 1. The first kappa shape index (κ1) is 16.5. The number of nitrogens with zero attached hydrogens (tertiary/aromatic N) is 1. The number of esters is 1. The molecule has 0 spiro atoms. The normalized spacial score (nSPS) is 21.2. The van der Waals surface area contributed by atoms with Gasteiger partial charge in [-0.25, -0.2) is 0 Å². The number of hydrogen-bond acceptors (Lipinski definition) is 3. The Morgan fingerprint density at radius 1 is 0.885 bits per heavy atom. The molecule has 1 heterocycles. The summed E-state index contributed by atoms with van der Waals surface area (Å²) in [5.74, 6) is -0.626. The van der Waals surface area contributed by atoms with E-state index < -0.39 is 0 Å². The number of benzene rings is 2. The zero-order valence-corrected chi connectivity index (χ0v) is 14.7. The third-order valence-electron chi connectivity index (χ3n) is 5.10. The molecule has 3 heteroatoms. The molecule has 0 aliphatic heterocycles. The van der Waals surface area contributed by atoms with E-state index in [0.717, 1.165) is 22.4 Å². The van der Waals surface area contributed by atoms with E-state index in [-0.39, 0.29) is 23.7 Å². The van der Waals surface area contributed by atoms with Gasteiger partial charge in [-0.05, 0) is 29.7 Å². The van der Waals surface area contributed by atoms with Crippen LogP contribution in [0, 0.1) is 5.92 Å². The standard InChI is InChI=1S/C23H21NO2/c1-2-26-23(25)21-19(16-10-5-3-6-11-16)18-14-9-15-24-22(18)20(21)17-12-7-4-8-13-17/h3-15,19-21H,2H2,1H3. The largest absolute Gasteiger partial charge is 0.466 e. The maximum atomic E-state index is 13.0. The second kappa shape index (κ2) is 7.12. The molecule has 3 nitrogen and oxygen atoms in total. The van der Waals surface area contributed by atoms with Crippen LogP contribution in [0.15, 0.2) is 79.0 Å². The summed E-state index contributed by atoms with van der Waals surface area (Å²) in [5, 5.41) is 0. The number of carbonyl (C=O) groups is 1. The lowest BCUT2D eigenvalue weighted by atomic mass is 9.80. The van der Waals surface area contributed by atoms with Gasteiger partial charge in [0, 0.05) is 18.0 Å². The molecule has 1 aliphatic carbocycles. The molecule has 3 atom stereocenters. The lowest BCUT2D eigenvalue weighted by Gasteiger charge is -2.24. The van der Waals surface area contributed by atoms with E-state index >= 15 is 0 Å². The fourth-order valence-electron chi connectivity index (χ4n) is 4.09. The Balaban J connectivity index is 1.91. The molecular weight excluding hydrogens is 322 g/mol. The first-order chi connectivity index (χ1) is 12.8. The Bertz CT molecular complexity index is 826. The van der Waals surface area contributed by atoms with Crippen molar-refractivity contribution < 1.29 is 9.53 Å². The summed E-state index contributed by atoms with van der Waals surface area (Å²) in [6.45, 7) is 2.23. The fourth-order valence-corrected chi connectivity index (χ4v) is 4.09. The molecule has 0 N–H and O–H groups in total. The van der Waals surface area contributed by atoms with E-state index in [1.807, 2.05) is 55.6 Å². The monoisotopic (exact) mass is 343 g/mol. The molecule has 130 valence electrons. The molecule has 0 amide bonds. The smallest absolute Gasteiger partial charge is 0.310 e. The molecular formula is C23H21NO2. The third kappa shape index (κ3) is 2.80. The summed E-state index contributed by atoms with van der Waals surface area (Å²) in [6.07, 6.45) is 1.81. The van der Waals surface area contributed by atoms with Crippen molar-refractivity contribution in [2.75, 3.05) is 6.61 Å². The van der Waals surface area contributed by atoms with Crippen LogP contribution in [0.2, 0.25) is 0 Å². The van der Waals surface area contributed by atoms with Crippen LogP contribution in [0.3, 0.4) is 0 Å². The van der Waals surface area contributed by atoms with E-state index in [2.05, 4.69) is 35.3 Å². The molecule has 1 aliphatic rings. The van der Waals surface area contributed by atoms with Gasteiger partial charge in [0.2, 0.25) is 0 Å². The van der Waals surface area contributed by atoms with Crippen LogP contribution < -0.4 is 0 Å². The Kier molecular flexibility index (Phi) is 4.53. The van der Waals surface area contributed by atoms with Gasteiger partial charge in [0.1, 0.15) is 0 Å². The predicted molar refractivity (Wildman–Crippen MR) is 101 cm³/mol. The van der Waals surface area contributed by atoms with Crippen molar-refractivity contribution in [2.45, 2.75) is 18.8 Å². The van der Waals surface area contributed by atoms with Gasteiger partial charge in [0.15, 0.2) is 0 Å². The number of carbonyl (C=O) groups excluding carboxylic acids is 1. The average Bonchev–Trinajstić information content (AvgIpc) is 3.05.